The molecule has 0 saturated heterocycles. The summed E-state index contributed by atoms with van der Waals surface area (Å²) in [4.78, 5) is 20.5. The van der Waals surface area contributed by atoms with Crippen LogP contribution in [0.5, 0.6) is 0 Å². The summed E-state index contributed by atoms with van der Waals surface area (Å²) in [5.74, 6) is 1.17. The molecule has 8 heteroatoms. The average Bonchev–Trinajstić information content (AvgIpc) is 2.57. The largest absolute Gasteiger partial charge is 0.285 e. The van der Waals surface area contributed by atoms with E-state index in [0.29, 0.717) is 18.0 Å². The number of carbonyl (C=O) groups is 1. The fourth-order valence-corrected chi connectivity index (χ4v) is 1.31. The number of aryl methyl sites for hydroxylation is 1. The van der Waals surface area contributed by atoms with Gasteiger partial charge >= 0.3 is 0 Å². The standard InChI is InChI=1S/C5H7N5O2S/c11-5(3-6-12)13-2-1-4-7-9-10-8-4/h1-3H2,(H,7,8,9,10). The molecule has 0 aromatic carbocycles. The number of hydrogen-bond donors (Lipinski definition) is 1. The zero-order chi connectivity index (χ0) is 9.52. The zero-order valence-corrected chi connectivity index (χ0v) is 7.45. The third kappa shape index (κ3) is 3.74. The normalized spacial score (nSPS) is 9.85. The number of nitrogens with zero attached hydrogens (tertiary/aromatic N) is 4. The minimum Gasteiger partial charge on any atom is -0.285 e. The van der Waals surface area contributed by atoms with E-state index in [1.165, 1.54) is 0 Å². The van der Waals surface area contributed by atoms with Crippen LogP contribution < -0.4 is 0 Å². The van der Waals surface area contributed by atoms with E-state index < -0.39 is 0 Å². The van der Waals surface area contributed by atoms with Gasteiger partial charge in [0.15, 0.2) is 0 Å². The summed E-state index contributed by atoms with van der Waals surface area (Å²) in [7, 11) is 0. The molecule has 1 aromatic heterocycles. The molecule has 0 aliphatic carbocycles. The van der Waals surface area contributed by atoms with Crippen molar-refractivity contribution >= 4 is 16.9 Å². The highest BCUT2D eigenvalue weighted by molar-refractivity contribution is 8.13. The van der Waals surface area contributed by atoms with E-state index in [4.69, 9.17) is 0 Å². The number of hydrogen-bond acceptors (Lipinski definition) is 7. The lowest BCUT2D eigenvalue weighted by molar-refractivity contribution is -0.109. The van der Waals surface area contributed by atoms with Crippen LogP contribution in [0.4, 0.5) is 0 Å². The molecule has 1 aromatic rings. The van der Waals surface area contributed by atoms with E-state index in [9.17, 15) is 9.70 Å². The minimum absolute atomic E-state index is 0.234. The molecule has 1 heterocycles. The molecule has 0 amide bonds. The molecule has 0 atom stereocenters. The first-order valence-electron chi connectivity index (χ1n) is 3.50. The van der Waals surface area contributed by atoms with Gasteiger partial charge < -0.3 is 0 Å². The van der Waals surface area contributed by atoms with E-state index >= 15 is 0 Å². The molecule has 0 saturated carbocycles. The molecular weight excluding hydrogens is 194 g/mol. The number of nitroso groups, excluding NO2 is 1. The highest BCUT2D eigenvalue weighted by Gasteiger charge is 2.03. The highest BCUT2D eigenvalue weighted by Crippen LogP contribution is 2.04. The number of carbonyl (C=O) groups excluding carboxylic acids is 1. The third-order valence-corrected chi connectivity index (χ3v) is 2.04. The quantitative estimate of drug-likeness (QED) is 0.660. The predicted octanol–water partition coefficient (Wildman–Crippen LogP) is -0.232. The lowest BCUT2D eigenvalue weighted by atomic mass is 10.5. The van der Waals surface area contributed by atoms with Gasteiger partial charge in [0.25, 0.3) is 0 Å². The molecule has 0 spiro atoms. The molecule has 7 nitrogen and oxygen atoms in total. The van der Waals surface area contributed by atoms with Crippen LogP contribution in [0.3, 0.4) is 0 Å². The van der Waals surface area contributed by atoms with Crippen molar-refractivity contribution in [1.29, 1.82) is 0 Å². The predicted molar refractivity (Wildman–Crippen MR) is 46.0 cm³/mol. The van der Waals surface area contributed by atoms with Crippen molar-refractivity contribution in [3.05, 3.63) is 10.7 Å². The van der Waals surface area contributed by atoms with Crippen LogP contribution in [0.2, 0.25) is 0 Å². The summed E-state index contributed by atoms with van der Waals surface area (Å²) in [6.45, 7) is -0.278. The van der Waals surface area contributed by atoms with Crippen molar-refractivity contribution in [2.24, 2.45) is 5.18 Å². The Morgan fingerprint density at radius 1 is 1.62 bits per heavy atom. The Kier molecular flexibility index (Phi) is 4.03. The van der Waals surface area contributed by atoms with Gasteiger partial charge in [0.05, 0.1) is 0 Å². The molecule has 1 N–H and O–H groups in total. The molecule has 0 bridgehead atoms. The first-order chi connectivity index (χ1) is 6.33. The molecule has 1 rings (SSSR count). The fourth-order valence-electron chi connectivity index (χ4n) is 0.645. The Morgan fingerprint density at radius 3 is 3.08 bits per heavy atom. The summed E-state index contributed by atoms with van der Waals surface area (Å²) in [5, 5.41) is 15.2. The summed E-state index contributed by atoms with van der Waals surface area (Å²) >= 11 is 1.05. The van der Waals surface area contributed by atoms with Crippen molar-refractivity contribution in [1.82, 2.24) is 20.6 Å². The topological polar surface area (TPSA) is 101 Å². The fraction of sp³-hybridized carbons (Fsp3) is 0.600. The molecular formula is C5H7N5O2S. The van der Waals surface area contributed by atoms with E-state index in [0.717, 1.165) is 11.8 Å². The van der Waals surface area contributed by atoms with Gasteiger partial charge in [0.1, 0.15) is 12.4 Å². The maximum Gasteiger partial charge on any atom is 0.213 e. The average molecular weight is 201 g/mol. The van der Waals surface area contributed by atoms with E-state index in [2.05, 4.69) is 25.8 Å². The molecule has 0 aliphatic heterocycles. The number of rotatable bonds is 5. The van der Waals surface area contributed by atoms with Crippen molar-refractivity contribution in [2.75, 3.05) is 12.3 Å². The zero-order valence-electron chi connectivity index (χ0n) is 6.63. The molecule has 0 radical (unpaired) electrons. The van der Waals surface area contributed by atoms with E-state index in [1.807, 2.05) is 0 Å². The first kappa shape index (κ1) is 9.78. The van der Waals surface area contributed by atoms with Gasteiger partial charge in [-0.1, -0.05) is 16.9 Å². The van der Waals surface area contributed by atoms with Crippen LogP contribution in [0.25, 0.3) is 0 Å². The first-order valence-corrected chi connectivity index (χ1v) is 4.49. The van der Waals surface area contributed by atoms with Gasteiger partial charge in [0.2, 0.25) is 5.12 Å². The number of H-pyrrole nitrogens is 1. The Bertz CT molecular complexity index is 274. The second-order valence-corrected chi connectivity index (χ2v) is 3.26. The lowest BCUT2D eigenvalue weighted by Gasteiger charge is -1.93. The van der Waals surface area contributed by atoms with Gasteiger partial charge in [-0.15, -0.1) is 5.10 Å². The third-order valence-electron chi connectivity index (χ3n) is 1.18. The van der Waals surface area contributed by atoms with Crippen LogP contribution in [-0.2, 0) is 11.2 Å². The van der Waals surface area contributed by atoms with Crippen molar-refractivity contribution in [3.8, 4) is 0 Å². The molecule has 70 valence electrons. The number of aromatic amines is 1. The Morgan fingerprint density at radius 2 is 2.46 bits per heavy atom. The maximum absolute atomic E-state index is 10.8. The molecule has 13 heavy (non-hydrogen) atoms. The van der Waals surface area contributed by atoms with Crippen molar-refractivity contribution in [3.63, 3.8) is 0 Å². The van der Waals surface area contributed by atoms with Gasteiger partial charge in [-0.05, 0) is 10.4 Å². The van der Waals surface area contributed by atoms with Gasteiger partial charge in [-0.25, -0.2) is 5.10 Å². The lowest BCUT2D eigenvalue weighted by Crippen LogP contribution is -1.99. The van der Waals surface area contributed by atoms with Crippen molar-refractivity contribution in [2.45, 2.75) is 6.42 Å². The summed E-state index contributed by atoms with van der Waals surface area (Å²) in [6, 6.07) is 0. The van der Waals surface area contributed by atoms with Crippen LogP contribution in [0.1, 0.15) is 5.82 Å². The monoisotopic (exact) mass is 201 g/mol. The highest BCUT2D eigenvalue weighted by atomic mass is 32.2. The smallest absolute Gasteiger partial charge is 0.213 e. The van der Waals surface area contributed by atoms with E-state index in [1.54, 1.807) is 0 Å². The minimum atomic E-state index is -0.278. The number of tetrazole rings is 1. The van der Waals surface area contributed by atoms with Gasteiger partial charge in [-0.3, -0.25) is 4.79 Å². The van der Waals surface area contributed by atoms with Crippen molar-refractivity contribution < 1.29 is 4.79 Å². The number of nitrogens with one attached hydrogen (secondary N) is 1. The van der Waals surface area contributed by atoms with E-state index in [-0.39, 0.29) is 11.7 Å². The van der Waals surface area contributed by atoms with Crippen LogP contribution in [0.15, 0.2) is 5.18 Å². The van der Waals surface area contributed by atoms with Crippen LogP contribution in [-0.4, -0.2) is 38.0 Å². The molecule has 0 aliphatic rings. The second-order valence-electron chi connectivity index (χ2n) is 2.11. The molecule has 0 unspecified atom stereocenters. The summed E-state index contributed by atoms with van der Waals surface area (Å²) in [6.07, 6.45) is 0.572. The van der Waals surface area contributed by atoms with Crippen LogP contribution >= 0.6 is 11.8 Å². The van der Waals surface area contributed by atoms with Crippen LogP contribution in [0, 0.1) is 4.91 Å². The summed E-state index contributed by atoms with van der Waals surface area (Å²) in [5.41, 5.74) is 0. The van der Waals surface area contributed by atoms with Gasteiger partial charge in [-0.2, -0.15) is 4.91 Å². The Labute approximate surface area is 77.6 Å². The number of thioether (sulfide) groups is 1. The Balaban J connectivity index is 2.14. The number of aromatic nitrogens is 4. The maximum atomic E-state index is 10.8. The summed E-state index contributed by atoms with van der Waals surface area (Å²) < 4.78 is 0. The SMILES string of the molecule is O=NCC(=O)SCCc1nnn[nH]1. The van der Waals surface area contributed by atoms with Gasteiger partial charge in [0, 0.05) is 12.2 Å². The Hall–Kier alpha value is -1.31. The second kappa shape index (κ2) is 5.36. The molecule has 0 fully saturated rings.